The molecule has 0 bridgehead atoms. The number of rotatable bonds is 4. The quantitative estimate of drug-likeness (QED) is 0.533. The molecule has 1 aromatic carbocycles. The van der Waals surface area contributed by atoms with Crippen LogP contribution in [0, 0.1) is 12.3 Å². The molecule has 3 aromatic heterocycles. The van der Waals surface area contributed by atoms with Crippen LogP contribution in [0.4, 0.5) is 0 Å². The van der Waals surface area contributed by atoms with E-state index in [1.165, 1.54) is 16.8 Å². The van der Waals surface area contributed by atoms with Gasteiger partial charge in [-0.2, -0.15) is 14.7 Å². The lowest BCUT2D eigenvalue weighted by atomic mass is 10.1. The molecule has 0 atom stereocenters. The third kappa shape index (κ3) is 2.75. The van der Waals surface area contributed by atoms with E-state index in [0.717, 1.165) is 23.0 Å². The highest BCUT2D eigenvalue weighted by molar-refractivity contribution is 5.84. The Kier molecular flexibility index (Phi) is 3.97. The fourth-order valence-electron chi connectivity index (χ4n) is 2.95. The van der Waals surface area contributed by atoms with Gasteiger partial charge in [-0.1, -0.05) is 12.0 Å². The summed E-state index contributed by atoms with van der Waals surface area (Å²) in [6.07, 6.45) is 8.42. The number of nitrogens with zero attached hydrogens (tertiary/aromatic N) is 5. The maximum Gasteiger partial charge on any atom is 0.275 e. The van der Waals surface area contributed by atoms with Gasteiger partial charge in [-0.15, -0.1) is 6.42 Å². The maximum atomic E-state index is 12.5. The third-order valence-corrected chi connectivity index (χ3v) is 4.25. The Balaban J connectivity index is 1.90. The zero-order valence-corrected chi connectivity index (χ0v) is 14.6. The summed E-state index contributed by atoms with van der Waals surface area (Å²) >= 11 is 0. The van der Waals surface area contributed by atoms with E-state index in [2.05, 4.69) is 21.1 Å². The molecule has 8 nitrogen and oxygen atoms in total. The van der Waals surface area contributed by atoms with E-state index in [-0.39, 0.29) is 18.0 Å². The third-order valence-electron chi connectivity index (χ3n) is 4.25. The van der Waals surface area contributed by atoms with Gasteiger partial charge in [-0.05, 0) is 19.1 Å². The molecule has 0 unspecified atom stereocenters. The maximum absolute atomic E-state index is 12.5. The van der Waals surface area contributed by atoms with E-state index in [1.54, 1.807) is 6.20 Å². The molecule has 0 amide bonds. The predicted molar refractivity (Wildman–Crippen MR) is 101 cm³/mol. The number of benzene rings is 1. The second kappa shape index (κ2) is 6.46. The molecule has 0 aliphatic carbocycles. The summed E-state index contributed by atoms with van der Waals surface area (Å²) in [4.78, 5) is 17.0. The topological polar surface area (TPSA) is 100 Å². The summed E-state index contributed by atoms with van der Waals surface area (Å²) in [5, 5.41) is 9.78. The number of hydrogen-bond acceptors (Lipinski definition) is 6. The summed E-state index contributed by atoms with van der Waals surface area (Å²) in [5.74, 6) is 2.42. The lowest BCUT2D eigenvalue weighted by Gasteiger charge is -2.04. The van der Waals surface area contributed by atoms with Gasteiger partial charge in [0.2, 0.25) is 0 Å². The highest BCUT2D eigenvalue weighted by Crippen LogP contribution is 2.22. The van der Waals surface area contributed by atoms with Crippen LogP contribution in [0.3, 0.4) is 0 Å². The van der Waals surface area contributed by atoms with Crippen molar-refractivity contribution in [3.8, 4) is 23.6 Å². The Bertz CT molecular complexity index is 1310. The van der Waals surface area contributed by atoms with Crippen molar-refractivity contribution in [2.75, 3.05) is 6.61 Å². The minimum atomic E-state index is -0.310. The fraction of sp³-hybridized carbons (Fsp3) is 0.158. The van der Waals surface area contributed by atoms with Gasteiger partial charge < -0.3 is 10.5 Å². The van der Waals surface area contributed by atoms with Crippen molar-refractivity contribution in [3.63, 3.8) is 0 Å². The molecule has 8 heteroatoms. The van der Waals surface area contributed by atoms with Gasteiger partial charge in [0.25, 0.3) is 5.56 Å². The highest BCUT2D eigenvalue weighted by atomic mass is 16.5. The number of fused-ring (bicyclic) bond motifs is 2. The minimum absolute atomic E-state index is 0.0190. The summed E-state index contributed by atoms with van der Waals surface area (Å²) in [7, 11) is 0. The van der Waals surface area contributed by atoms with Crippen molar-refractivity contribution in [2.24, 2.45) is 5.73 Å². The van der Waals surface area contributed by atoms with Crippen LogP contribution in [0.15, 0.2) is 41.5 Å². The van der Waals surface area contributed by atoms with Crippen LogP contribution in [-0.2, 0) is 11.3 Å². The van der Waals surface area contributed by atoms with E-state index in [4.69, 9.17) is 16.9 Å². The van der Waals surface area contributed by atoms with Gasteiger partial charge in [0, 0.05) is 23.6 Å². The number of hydrogen-bond donors (Lipinski definition) is 1. The Morgan fingerprint density at radius 1 is 1.30 bits per heavy atom. The van der Waals surface area contributed by atoms with Gasteiger partial charge in [0.1, 0.15) is 6.61 Å². The Labute approximate surface area is 153 Å². The monoisotopic (exact) mass is 360 g/mol. The number of terminal acetylenes is 1. The van der Waals surface area contributed by atoms with Gasteiger partial charge >= 0.3 is 0 Å². The van der Waals surface area contributed by atoms with Crippen molar-refractivity contribution in [2.45, 2.75) is 13.5 Å². The van der Waals surface area contributed by atoms with E-state index in [1.807, 2.05) is 29.8 Å². The number of aromatic nitrogens is 5. The zero-order chi connectivity index (χ0) is 19.0. The lowest BCUT2D eigenvalue weighted by Crippen LogP contribution is -2.20. The predicted octanol–water partition coefficient (Wildman–Crippen LogP) is 0.519. The molecule has 4 aromatic rings. The van der Waals surface area contributed by atoms with Crippen molar-refractivity contribution in [3.05, 3.63) is 52.2 Å². The van der Waals surface area contributed by atoms with Crippen LogP contribution in [0.25, 0.3) is 33.7 Å². The Hall–Kier alpha value is -3.86. The van der Waals surface area contributed by atoms with E-state index in [9.17, 15) is 4.79 Å². The average Bonchev–Trinajstić information content (AvgIpc) is 3.29. The molecule has 0 aliphatic heterocycles. The second-order valence-electron chi connectivity index (χ2n) is 5.86. The molecule has 4 rings (SSSR count). The summed E-state index contributed by atoms with van der Waals surface area (Å²) in [5.41, 5.74) is 8.26. The van der Waals surface area contributed by atoms with Crippen LogP contribution in [-0.4, -0.2) is 31.0 Å². The van der Waals surface area contributed by atoms with Gasteiger partial charge in [0.15, 0.2) is 11.5 Å². The first kappa shape index (κ1) is 16.6. The first-order valence-corrected chi connectivity index (χ1v) is 8.33. The van der Waals surface area contributed by atoms with Gasteiger partial charge in [-0.3, -0.25) is 9.48 Å². The van der Waals surface area contributed by atoms with E-state index >= 15 is 0 Å². The minimum Gasteiger partial charge on any atom is -0.466 e. The summed E-state index contributed by atoms with van der Waals surface area (Å²) in [6.45, 7) is 2.83. The average molecular weight is 360 g/mol. The molecule has 2 N–H and O–H groups in total. The molecule has 134 valence electrons. The van der Waals surface area contributed by atoms with Crippen LogP contribution < -0.4 is 16.5 Å². The lowest BCUT2D eigenvalue weighted by molar-refractivity contribution is 0.315. The molecular formula is C19H16N6O2. The van der Waals surface area contributed by atoms with Crippen molar-refractivity contribution in [1.29, 1.82) is 0 Å². The molecule has 0 aliphatic rings. The zero-order valence-electron chi connectivity index (χ0n) is 14.6. The summed E-state index contributed by atoms with van der Waals surface area (Å²) in [6, 6.07) is 7.26. The molecule has 0 radical (unpaired) electrons. The first-order chi connectivity index (χ1) is 13.1. The largest absolute Gasteiger partial charge is 0.466 e. The molecule has 0 fully saturated rings. The number of ether oxygens (including phenoxy) is 1. The smallest absolute Gasteiger partial charge is 0.275 e. The summed E-state index contributed by atoms with van der Waals surface area (Å²) < 4.78 is 8.34. The molecule has 0 spiro atoms. The van der Waals surface area contributed by atoms with Crippen molar-refractivity contribution in [1.82, 2.24) is 24.4 Å². The Morgan fingerprint density at radius 3 is 2.93 bits per heavy atom. The first-order valence-electron chi connectivity index (χ1n) is 8.33. The van der Waals surface area contributed by atoms with Crippen LogP contribution in [0.2, 0.25) is 0 Å². The fourth-order valence-corrected chi connectivity index (χ4v) is 2.95. The Morgan fingerprint density at radius 2 is 2.15 bits per heavy atom. The van der Waals surface area contributed by atoms with Gasteiger partial charge in [-0.25, -0.2) is 4.98 Å². The number of nitrogens with two attached hydrogens (primary N) is 1. The molecule has 0 saturated carbocycles. The van der Waals surface area contributed by atoms with Crippen LogP contribution in [0.1, 0.15) is 6.92 Å². The number of aryl methyl sites for hydroxylation is 1. The van der Waals surface area contributed by atoms with Crippen molar-refractivity contribution < 1.29 is 4.74 Å². The SMILES string of the molecule is C#CCOC(N)=c1cnn2c(=O)cc(-c3ccc4c(cnn4CC)c3)nc12. The van der Waals surface area contributed by atoms with E-state index in [0.29, 0.717) is 16.6 Å². The van der Waals surface area contributed by atoms with Gasteiger partial charge in [0.05, 0.1) is 28.8 Å². The van der Waals surface area contributed by atoms with E-state index < -0.39 is 0 Å². The van der Waals surface area contributed by atoms with Crippen LogP contribution in [0.5, 0.6) is 0 Å². The van der Waals surface area contributed by atoms with Crippen molar-refractivity contribution >= 4 is 22.4 Å². The second-order valence-corrected chi connectivity index (χ2v) is 5.86. The molecule has 27 heavy (non-hydrogen) atoms. The van der Waals surface area contributed by atoms with Crippen LogP contribution >= 0.6 is 0 Å². The normalized spacial score (nSPS) is 12.3. The molecule has 0 saturated heterocycles. The standard InChI is InChI=1S/C19H16N6O2/c1-3-7-27-18(20)14-11-22-25-17(26)9-15(23-19(14)25)12-5-6-16-13(8-12)10-21-24(16)4-2/h1,5-6,8-11H,4,7,20H2,2H3. The molecular weight excluding hydrogens is 344 g/mol. The molecule has 3 heterocycles. The highest BCUT2D eigenvalue weighted by Gasteiger charge is 2.11.